The molecule has 1 aliphatic heterocycles. The molecule has 104 valence electrons. The molecule has 1 aromatic carbocycles. The monoisotopic (exact) mass is 264 g/mol. The molecular formula is C13H20N4O2. The number of nitrogens with zero attached hydrogens (tertiary/aromatic N) is 3. The van der Waals surface area contributed by atoms with Crippen molar-refractivity contribution in [3.63, 3.8) is 0 Å². The number of rotatable bonds is 4. The molecule has 0 aliphatic carbocycles. The molecule has 2 rings (SSSR count). The van der Waals surface area contributed by atoms with Crippen molar-refractivity contribution < 1.29 is 4.92 Å². The standard InChI is InChI=1S/C13H20N4O2/c1-15(2)9-11-4-3-7-16(11)13-6-5-10(17(18)19)8-12(13)14/h5-6,8,11H,3-4,7,9,14H2,1-2H3. The third kappa shape index (κ3) is 2.96. The number of anilines is 2. The molecule has 1 aromatic rings. The van der Waals surface area contributed by atoms with Crippen LogP contribution >= 0.6 is 0 Å². The summed E-state index contributed by atoms with van der Waals surface area (Å²) in [4.78, 5) is 14.7. The highest BCUT2D eigenvalue weighted by Crippen LogP contribution is 2.32. The molecule has 1 aliphatic rings. The molecule has 0 saturated carbocycles. The summed E-state index contributed by atoms with van der Waals surface area (Å²) in [5.41, 5.74) is 7.42. The Morgan fingerprint density at radius 1 is 1.53 bits per heavy atom. The molecule has 0 amide bonds. The maximum atomic E-state index is 10.7. The van der Waals surface area contributed by atoms with E-state index in [1.807, 2.05) is 0 Å². The second-order valence-corrected chi connectivity index (χ2v) is 5.25. The zero-order chi connectivity index (χ0) is 14.0. The summed E-state index contributed by atoms with van der Waals surface area (Å²) in [6.45, 7) is 1.93. The van der Waals surface area contributed by atoms with Gasteiger partial charge in [-0.2, -0.15) is 0 Å². The summed E-state index contributed by atoms with van der Waals surface area (Å²) in [5, 5.41) is 10.7. The topological polar surface area (TPSA) is 75.6 Å². The van der Waals surface area contributed by atoms with E-state index in [4.69, 9.17) is 5.73 Å². The van der Waals surface area contributed by atoms with Crippen LogP contribution in [0.3, 0.4) is 0 Å². The number of benzene rings is 1. The first-order chi connectivity index (χ1) is 8.99. The molecule has 0 bridgehead atoms. The van der Waals surface area contributed by atoms with E-state index < -0.39 is 4.92 Å². The van der Waals surface area contributed by atoms with Gasteiger partial charge < -0.3 is 15.5 Å². The quantitative estimate of drug-likeness (QED) is 0.509. The van der Waals surface area contributed by atoms with Crippen LogP contribution in [0, 0.1) is 10.1 Å². The molecule has 6 nitrogen and oxygen atoms in total. The Morgan fingerprint density at radius 3 is 2.84 bits per heavy atom. The van der Waals surface area contributed by atoms with Gasteiger partial charge in [-0.05, 0) is 33.0 Å². The van der Waals surface area contributed by atoms with Crippen LogP contribution in [0.25, 0.3) is 0 Å². The van der Waals surface area contributed by atoms with Crippen molar-refractivity contribution in [3.8, 4) is 0 Å². The smallest absolute Gasteiger partial charge is 0.271 e. The fraction of sp³-hybridized carbons (Fsp3) is 0.538. The number of hydrogen-bond acceptors (Lipinski definition) is 5. The Hall–Kier alpha value is -1.82. The maximum Gasteiger partial charge on any atom is 0.271 e. The maximum absolute atomic E-state index is 10.7. The highest BCUT2D eigenvalue weighted by Gasteiger charge is 2.27. The van der Waals surface area contributed by atoms with E-state index in [9.17, 15) is 10.1 Å². The Balaban J connectivity index is 2.23. The van der Waals surface area contributed by atoms with Crippen LogP contribution in [0.5, 0.6) is 0 Å². The number of nitrogens with two attached hydrogens (primary N) is 1. The van der Waals surface area contributed by atoms with Gasteiger partial charge in [0.1, 0.15) is 0 Å². The van der Waals surface area contributed by atoms with Crippen LogP contribution in [0.15, 0.2) is 18.2 Å². The minimum atomic E-state index is -0.415. The minimum Gasteiger partial charge on any atom is -0.397 e. The van der Waals surface area contributed by atoms with E-state index in [-0.39, 0.29) is 5.69 Å². The van der Waals surface area contributed by atoms with Crippen LogP contribution in [0.2, 0.25) is 0 Å². The molecule has 6 heteroatoms. The summed E-state index contributed by atoms with van der Waals surface area (Å²) >= 11 is 0. The van der Waals surface area contributed by atoms with Gasteiger partial charge in [-0.15, -0.1) is 0 Å². The SMILES string of the molecule is CN(C)CC1CCCN1c1ccc([N+](=O)[O-])cc1N. The third-order valence-electron chi connectivity index (χ3n) is 3.48. The summed E-state index contributed by atoms with van der Waals surface area (Å²) in [5.74, 6) is 0. The average molecular weight is 264 g/mol. The Bertz CT molecular complexity index is 476. The van der Waals surface area contributed by atoms with Crippen LogP contribution in [-0.2, 0) is 0 Å². The predicted octanol–water partition coefficient (Wildman–Crippen LogP) is 1.71. The fourth-order valence-electron chi connectivity index (χ4n) is 2.68. The first kappa shape index (κ1) is 13.6. The summed E-state index contributed by atoms with van der Waals surface area (Å²) < 4.78 is 0. The van der Waals surface area contributed by atoms with Crippen molar-refractivity contribution in [1.29, 1.82) is 0 Å². The number of nitro groups is 1. The van der Waals surface area contributed by atoms with Crippen LogP contribution in [0.4, 0.5) is 17.1 Å². The lowest BCUT2D eigenvalue weighted by molar-refractivity contribution is -0.384. The van der Waals surface area contributed by atoms with Crippen LogP contribution < -0.4 is 10.6 Å². The number of likely N-dealkylation sites (N-methyl/N-ethyl adjacent to an activating group) is 1. The van der Waals surface area contributed by atoms with Gasteiger partial charge in [0, 0.05) is 31.3 Å². The Kier molecular flexibility index (Phi) is 3.90. The van der Waals surface area contributed by atoms with Gasteiger partial charge in [0.15, 0.2) is 0 Å². The first-order valence-electron chi connectivity index (χ1n) is 6.44. The highest BCUT2D eigenvalue weighted by molar-refractivity contribution is 5.71. The zero-order valence-electron chi connectivity index (χ0n) is 11.4. The van der Waals surface area contributed by atoms with Gasteiger partial charge in [0.25, 0.3) is 5.69 Å². The molecular weight excluding hydrogens is 244 g/mol. The molecule has 1 saturated heterocycles. The number of nitro benzene ring substituents is 1. The van der Waals surface area contributed by atoms with Gasteiger partial charge >= 0.3 is 0 Å². The van der Waals surface area contributed by atoms with Gasteiger partial charge in [0.2, 0.25) is 0 Å². The lowest BCUT2D eigenvalue weighted by Crippen LogP contribution is -2.37. The molecule has 0 aromatic heterocycles. The minimum absolute atomic E-state index is 0.0459. The van der Waals surface area contributed by atoms with E-state index in [0.29, 0.717) is 11.7 Å². The van der Waals surface area contributed by atoms with Gasteiger partial charge in [0.05, 0.1) is 16.3 Å². The normalized spacial score (nSPS) is 19.1. The fourth-order valence-corrected chi connectivity index (χ4v) is 2.68. The molecule has 1 heterocycles. The summed E-state index contributed by atoms with van der Waals surface area (Å²) in [7, 11) is 4.10. The second kappa shape index (κ2) is 5.44. The largest absolute Gasteiger partial charge is 0.397 e. The Morgan fingerprint density at radius 2 is 2.26 bits per heavy atom. The molecule has 1 unspecified atom stereocenters. The van der Waals surface area contributed by atoms with Crippen molar-refractivity contribution >= 4 is 17.1 Å². The predicted molar refractivity (Wildman–Crippen MR) is 76.4 cm³/mol. The van der Waals surface area contributed by atoms with Crippen LogP contribution in [0.1, 0.15) is 12.8 Å². The van der Waals surface area contributed by atoms with Crippen molar-refractivity contribution in [3.05, 3.63) is 28.3 Å². The number of non-ortho nitro benzene ring substituents is 1. The summed E-state index contributed by atoms with van der Waals surface area (Å²) in [6.07, 6.45) is 2.27. The first-order valence-corrected chi connectivity index (χ1v) is 6.44. The van der Waals surface area contributed by atoms with E-state index in [0.717, 1.165) is 31.6 Å². The number of nitrogen functional groups attached to an aromatic ring is 1. The lowest BCUT2D eigenvalue weighted by Gasteiger charge is -2.29. The molecule has 1 atom stereocenters. The van der Waals surface area contributed by atoms with Crippen LogP contribution in [-0.4, -0.2) is 43.0 Å². The molecule has 0 radical (unpaired) electrons. The molecule has 0 spiro atoms. The van der Waals surface area contributed by atoms with Gasteiger partial charge in [-0.25, -0.2) is 0 Å². The zero-order valence-corrected chi connectivity index (χ0v) is 11.4. The highest BCUT2D eigenvalue weighted by atomic mass is 16.6. The molecule has 2 N–H and O–H groups in total. The summed E-state index contributed by atoms with van der Waals surface area (Å²) in [6, 6.07) is 5.16. The molecule has 19 heavy (non-hydrogen) atoms. The van der Waals surface area contributed by atoms with E-state index in [2.05, 4.69) is 23.9 Å². The van der Waals surface area contributed by atoms with Crippen molar-refractivity contribution in [2.75, 3.05) is 37.8 Å². The van der Waals surface area contributed by atoms with E-state index in [1.165, 1.54) is 12.1 Å². The van der Waals surface area contributed by atoms with Crippen molar-refractivity contribution in [1.82, 2.24) is 4.90 Å². The van der Waals surface area contributed by atoms with Gasteiger partial charge in [-0.1, -0.05) is 0 Å². The second-order valence-electron chi connectivity index (χ2n) is 5.25. The lowest BCUT2D eigenvalue weighted by atomic mass is 10.1. The van der Waals surface area contributed by atoms with E-state index >= 15 is 0 Å². The molecule has 1 fully saturated rings. The van der Waals surface area contributed by atoms with Gasteiger partial charge in [-0.3, -0.25) is 10.1 Å². The third-order valence-corrected chi connectivity index (χ3v) is 3.48. The van der Waals surface area contributed by atoms with Crippen molar-refractivity contribution in [2.45, 2.75) is 18.9 Å². The van der Waals surface area contributed by atoms with Crippen molar-refractivity contribution in [2.24, 2.45) is 0 Å². The Labute approximate surface area is 112 Å². The average Bonchev–Trinajstić information content (AvgIpc) is 2.75. The van der Waals surface area contributed by atoms with E-state index in [1.54, 1.807) is 6.07 Å². The number of hydrogen-bond donors (Lipinski definition) is 1.